The van der Waals surface area contributed by atoms with E-state index in [0.29, 0.717) is 16.4 Å². The number of hydroxylamine groups is 1. The van der Waals surface area contributed by atoms with Crippen LogP contribution in [-0.2, 0) is 14.6 Å². The zero-order valence-corrected chi connectivity index (χ0v) is 16.9. The number of pyridine rings is 1. The summed E-state index contributed by atoms with van der Waals surface area (Å²) in [4.78, 5) is 15.2. The van der Waals surface area contributed by atoms with Gasteiger partial charge in [0.25, 0.3) is 5.91 Å². The fourth-order valence-corrected chi connectivity index (χ4v) is 3.47. The van der Waals surface area contributed by atoms with E-state index in [4.69, 9.17) is 28.4 Å². The minimum atomic E-state index is -3.46. The molecule has 3 N–H and O–H groups in total. The molecular formula is C16H16Cl3N3O4S. The maximum Gasteiger partial charge on any atom is 0.267 e. The van der Waals surface area contributed by atoms with Crippen LogP contribution in [0.5, 0.6) is 0 Å². The number of aromatic nitrogens is 1. The average molecular weight is 453 g/mol. The molecule has 0 saturated heterocycles. The number of carbonyl (C=O) groups is 1. The van der Waals surface area contributed by atoms with Crippen LogP contribution in [-0.4, -0.2) is 36.8 Å². The van der Waals surface area contributed by atoms with Gasteiger partial charge in [0.05, 0.1) is 15.7 Å². The second kappa shape index (κ2) is 10.5. The lowest BCUT2D eigenvalue weighted by Crippen LogP contribution is -2.16. The van der Waals surface area contributed by atoms with E-state index in [-0.39, 0.29) is 34.6 Å². The Bertz CT molecular complexity index is 919. The van der Waals surface area contributed by atoms with Gasteiger partial charge in [-0.3, -0.25) is 10.0 Å². The van der Waals surface area contributed by atoms with Crippen LogP contribution in [0.1, 0.15) is 5.56 Å². The number of rotatable bonds is 7. The first kappa shape index (κ1) is 23.2. The highest BCUT2D eigenvalue weighted by Crippen LogP contribution is 2.21. The van der Waals surface area contributed by atoms with Crippen LogP contribution in [0.15, 0.2) is 47.5 Å². The summed E-state index contributed by atoms with van der Waals surface area (Å²) in [6.45, 7) is 0.111. The van der Waals surface area contributed by atoms with Crippen LogP contribution >= 0.6 is 35.6 Å². The molecule has 2 rings (SSSR count). The lowest BCUT2D eigenvalue weighted by Gasteiger charge is -2.09. The molecule has 0 aliphatic heterocycles. The molecule has 1 amide bonds. The highest BCUT2D eigenvalue weighted by atomic mass is 35.5. The van der Waals surface area contributed by atoms with E-state index in [1.807, 2.05) is 0 Å². The molecule has 11 heteroatoms. The molecule has 0 bridgehead atoms. The van der Waals surface area contributed by atoms with Gasteiger partial charge in [-0.05, 0) is 42.0 Å². The summed E-state index contributed by atoms with van der Waals surface area (Å²) in [5.41, 5.74) is 2.00. The van der Waals surface area contributed by atoms with Crippen molar-refractivity contribution in [3.63, 3.8) is 0 Å². The number of nitrogens with zero attached hydrogens (tertiary/aromatic N) is 1. The summed E-state index contributed by atoms with van der Waals surface area (Å²) in [5.74, 6) is -0.511. The van der Waals surface area contributed by atoms with Crippen LogP contribution in [0.4, 0.5) is 5.82 Å². The van der Waals surface area contributed by atoms with Crippen molar-refractivity contribution in [3.05, 3.63) is 58.2 Å². The van der Waals surface area contributed by atoms with Crippen molar-refractivity contribution in [2.75, 3.05) is 17.6 Å². The molecular weight excluding hydrogens is 437 g/mol. The third kappa shape index (κ3) is 7.00. The predicted molar refractivity (Wildman–Crippen MR) is 107 cm³/mol. The fourth-order valence-electron chi connectivity index (χ4n) is 1.95. The van der Waals surface area contributed by atoms with E-state index in [0.717, 1.165) is 6.08 Å². The van der Waals surface area contributed by atoms with Crippen LogP contribution in [0.2, 0.25) is 10.0 Å². The molecule has 7 nitrogen and oxygen atoms in total. The summed E-state index contributed by atoms with van der Waals surface area (Å²) >= 11 is 11.8. The van der Waals surface area contributed by atoms with Crippen molar-refractivity contribution in [1.82, 2.24) is 10.5 Å². The molecule has 0 unspecified atom stereocenters. The van der Waals surface area contributed by atoms with E-state index < -0.39 is 15.7 Å². The van der Waals surface area contributed by atoms with E-state index >= 15 is 0 Å². The van der Waals surface area contributed by atoms with Gasteiger partial charge in [0.15, 0.2) is 9.84 Å². The molecule has 1 heterocycles. The largest absolute Gasteiger partial charge is 0.368 e. The van der Waals surface area contributed by atoms with Crippen LogP contribution in [0.25, 0.3) is 6.08 Å². The van der Waals surface area contributed by atoms with Crippen molar-refractivity contribution in [2.24, 2.45) is 0 Å². The van der Waals surface area contributed by atoms with Gasteiger partial charge in [0, 0.05) is 23.8 Å². The van der Waals surface area contributed by atoms with Gasteiger partial charge >= 0.3 is 0 Å². The molecule has 27 heavy (non-hydrogen) atoms. The molecule has 2 aromatic rings. The highest BCUT2D eigenvalue weighted by Gasteiger charge is 2.14. The number of nitrogens with one attached hydrogen (secondary N) is 2. The monoisotopic (exact) mass is 451 g/mol. The first-order valence-corrected chi connectivity index (χ1v) is 9.72. The Morgan fingerprint density at radius 3 is 2.48 bits per heavy atom. The number of halogens is 3. The number of hydrogen-bond acceptors (Lipinski definition) is 6. The molecule has 0 atom stereocenters. The molecule has 0 spiro atoms. The van der Waals surface area contributed by atoms with Crippen molar-refractivity contribution >= 4 is 63.2 Å². The van der Waals surface area contributed by atoms with Crippen LogP contribution in [0, 0.1) is 0 Å². The average Bonchev–Trinajstić information content (AvgIpc) is 2.61. The standard InChI is InChI=1S/C16H15Cl2N3O4S.ClH/c17-12-2-4-13(5-3-12)26(24,25)8-7-19-16-14(18)9-11(10-20-16)1-6-15(22)21-23;/h1-6,9-10,23H,7-8H2,(H,19,20)(H,21,22);1H/b6-1+;. The van der Waals surface area contributed by atoms with Gasteiger partial charge < -0.3 is 5.32 Å². The van der Waals surface area contributed by atoms with Gasteiger partial charge in [-0.25, -0.2) is 18.9 Å². The number of anilines is 1. The second-order valence-electron chi connectivity index (χ2n) is 5.11. The Morgan fingerprint density at radius 1 is 1.22 bits per heavy atom. The Morgan fingerprint density at radius 2 is 1.89 bits per heavy atom. The molecule has 0 saturated carbocycles. The summed E-state index contributed by atoms with van der Waals surface area (Å²) in [6.07, 6.45) is 3.97. The van der Waals surface area contributed by atoms with E-state index in [1.165, 1.54) is 42.0 Å². The second-order valence-corrected chi connectivity index (χ2v) is 8.06. The summed E-state index contributed by atoms with van der Waals surface area (Å²) in [5, 5.41) is 12.0. The Labute approximate surface area is 172 Å². The third-order valence-electron chi connectivity index (χ3n) is 3.24. The zero-order chi connectivity index (χ0) is 19.2. The van der Waals surface area contributed by atoms with Gasteiger partial charge in [-0.2, -0.15) is 0 Å². The van der Waals surface area contributed by atoms with E-state index in [1.54, 1.807) is 6.07 Å². The minimum Gasteiger partial charge on any atom is -0.368 e. The predicted octanol–water partition coefficient (Wildman–Crippen LogP) is 3.21. The number of hydrogen-bond donors (Lipinski definition) is 3. The number of benzene rings is 1. The summed E-state index contributed by atoms with van der Waals surface area (Å²) in [7, 11) is -3.46. The smallest absolute Gasteiger partial charge is 0.267 e. The Balaban J connectivity index is 0.00000364. The quantitative estimate of drug-likeness (QED) is 0.338. The van der Waals surface area contributed by atoms with Gasteiger partial charge in [-0.1, -0.05) is 23.2 Å². The lowest BCUT2D eigenvalue weighted by molar-refractivity contribution is -0.124. The maximum absolute atomic E-state index is 12.2. The molecule has 0 aliphatic rings. The molecule has 0 fully saturated rings. The SMILES string of the molecule is Cl.O=C(/C=C/c1cnc(NCCS(=O)(=O)c2ccc(Cl)cc2)c(Cl)c1)NO. The molecule has 1 aromatic carbocycles. The van der Waals surface area contributed by atoms with Gasteiger partial charge in [-0.15, -0.1) is 12.4 Å². The lowest BCUT2D eigenvalue weighted by atomic mass is 10.2. The molecule has 0 aliphatic carbocycles. The third-order valence-corrected chi connectivity index (χ3v) is 5.51. The fraction of sp³-hybridized carbons (Fsp3) is 0.125. The topological polar surface area (TPSA) is 108 Å². The minimum absolute atomic E-state index is 0. The van der Waals surface area contributed by atoms with E-state index in [2.05, 4.69) is 10.3 Å². The summed E-state index contributed by atoms with van der Waals surface area (Å²) < 4.78 is 24.5. The van der Waals surface area contributed by atoms with E-state index in [9.17, 15) is 13.2 Å². The first-order chi connectivity index (χ1) is 12.3. The van der Waals surface area contributed by atoms with Crippen molar-refractivity contribution in [2.45, 2.75) is 4.90 Å². The zero-order valence-electron chi connectivity index (χ0n) is 13.7. The van der Waals surface area contributed by atoms with Gasteiger partial charge in [0.1, 0.15) is 5.82 Å². The van der Waals surface area contributed by atoms with Crippen LogP contribution in [0.3, 0.4) is 0 Å². The van der Waals surface area contributed by atoms with Gasteiger partial charge in [0.2, 0.25) is 0 Å². The van der Waals surface area contributed by atoms with Crippen LogP contribution < -0.4 is 10.8 Å². The number of carbonyl (C=O) groups excluding carboxylic acids is 1. The molecule has 146 valence electrons. The Kier molecular flexibility index (Phi) is 9.01. The first-order valence-electron chi connectivity index (χ1n) is 7.32. The normalized spacial score (nSPS) is 11.1. The maximum atomic E-state index is 12.2. The number of sulfone groups is 1. The number of amides is 1. The molecule has 0 radical (unpaired) electrons. The van der Waals surface area contributed by atoms with Crippen molar-refractivity contribution < 1.29 is 18.4 Å². The Hall–Kier alpha value is -1.84. The summed E-state index contributed by atoms with van der Waals surface area (Å²) in [6, 6.07) is 7.48. The van der Waals surface area contributed by atoms with Crippen molar-refractivity contribution in [3.8, 4) is 0 Å². The van der Waals surface area contributed by atoms with Crippen molar-refractivity contribution in [1.29, 1.82) is 0 Å². The highest BCUT2D eigenvalue weighted by molar-refractivity contribution is 7.91. The molecule has 1 aromatic heterocycles.